The van der Waals surface area contributed by atoms with Gasteiger partial charge in [0.25, 0.3) is 5.91 Å². The van der Waals surface area contributed by atoms with Crippen molar-refractivity contribution in [3.8, 4) is 5.75 Å². The molecule has 6 heteroatoms. The van der Waals surface area contributed by atoms with Gasteiger partial charge in [-0.05, 0) is 12.1 Å². The van der Waals surface area contributed by atoms with Crippen molar-refractivity contribution in [2.75, 3.05) is 19.0 Å². The minimum atomic E-state index is -0.371. The molecule has 0 spiro atoms. The molecule has 2 rings (SSSR count). The van der Waals surface area contributed by atoms with Crippen LogP contribution in [0.2, 0.25) is 0 Å². The minimum Gasteiger partial charge on any atom is -0.507 e. The van der Waals surface area contributed by atoms with Gasteiger partial charge < -0.3 is 15.2 Å². The fraction of sp³-hybridized carbons (Fsp3) is 0.231. The van der Waals surface area contributed by atoms with Crippen LogP contribution in [-0.4, -0.2) is 34.5 Å². The van der Waals surface area contributed by atoms with E-state index in [4.69, 9.17) is 4.74 Å². The maximum Gasteiger partial charge on any atom is 0.259 e. The van der Waals surface area contributed by atoms with Crippen molar-refractivity contribution in [2.24, 2.45) is 0 Å². The number of hydrogen-bond acceptors (Lipinski definition) is 4. The van der Waals surface area contributed by atoms with Gasteiger partial charge in [0, 0.05) is 13.3 Å². The predicted molar refractivity (Wildman–Crippen MR) is 70.2 cm³/mol. The molecule has 0 unspecified atom stereocenters. The Morgan fingerprint density at radius 2 is 2.26 bits per heavy atom. The summed E-state index contributed by atoms with van der Waals surface area (Å²) in [7, 11) is 1.62. The van der Waals surface area contributed by atoms with E-state index >= 15 is 0 Å². The van der Waals surface area contributed by atoms with E-state index in [2.05, 4.69) is 10.4 Å². The number of aromatic hydroxyl groups is 1. The van der Waals surface area contributed by atoms with E-state index in [1.807, 2.05) is 0 Å². The molecule has 0 aliphatic carbocycles. The van der Waals surface area contributed by atoms with E-state index in [1.165, 1.54) is 6.07 Å². The number of hydrogen-bond donors (Lipinski definition) is 2. The van der Waals surface area contributed by atoms with E-state index in [0.29, 0.717) is 18.8 Å². The lowest BCUT2D eigenvalue weighted by Crippen LogP contribution is -2.11. The van der Waals surface area contributed by atoms with Crippen LogP contribution in [-0.2, 0) is 11.3 Å². The summed E-state index contributed by atoms with van der Waals surface area (Å²) >= 11 is 0. The van der Waals surface area contributed by atoms with Crippen LogP contribution in [0, 0.1) is 0 Å². The Bertz CT molecular complexity index is 566. The van der Waals surface area contributed by atoms with Crippen LogP contribution >= 0.6 is 0 Å². The van der Waals surface area contributed by atoms with Gasteiger partial charge in [0.1, 0.15) is 5.75 Å². The first kappa shape index (κ1) is 13.1. The number of nitrogens with zero attached hydrogens (tertiary/aromatic N) is 2. The number of ether oxygens (including phenoxy) is 1. The van der Waals surface area contributed by atoms with Gasteiger partial charge in [-0.25, -0.2) is 0 Å². The lowest BCUT2D eigenvalue weighted by atomic mass is 10.2. The maximum atomic E-state index is 11.9. The van der Waals surface area contributed by atoms with E-state index < -0.39 is 0 Å². The molecule has 0 saturated heterocycles. The van der Waals surface area contributed by atoms with Gasteiger partial charge in [-0.15, -0.1) is 0 Å². The molecule has 1 amide bonds. The van der Waals surface area contributed by atoms with Crippen molar-refractivity contribution in [1.29, 1.82) is 0 Å². The van der Waals surface area contributed by atoms with Crippen molar-refractivity contribution in [3.05, 3.63) is 42.2 Å². The highest BCUT2D eigenvalue weighted by Gasteiger charge is 2.11. The number of methoxy groups -OCH3 is 1. The van der Waals surface area contributed by atoms with E-state index in [1.54, 1.807) is 42.4 Å². The number of carbonyl (C=O) groups is 1. The molecule has 0 bridgehead atoms. The predicted octanol–water partition coefficient (Wildman–Crippen LogP) is 1.49. The molecular weight excluding hydrogens is 246 g/mol. The van der Waals surface area contributed by atoms with Gasteiger partial charge in [-0.2, -0.15) is 5.10 Å². The van der Waals surface area contributed by atoms with Crippen LogP contribution in [0.3, 0.4) is 0 Å². The number of rotatable bonds is 5. The second-order valence-electron chi connectivity index (χ2n) is 3.96. The van der Waals surface area contributed by atoms with Gasteiger partial charge in [0.2, 0.25) is 0 Å². The summed E-state index contributed by atoms with van der Waals surface area (Å²) in [4.78, 5) is 11.9. The highest BCUT2D eigenvalue weighted by Crippen LogP contribution is 2.17. The number of phenols is 1. The van der Waals surface area contributed by atoms with Crippen LogP contribution < -0.4 is 5.32 Å². The van der Waals surface area contributed by atoms with Crippen LogP contribution in [0.1, 0.15) is 10.4 Å². The first-order valence-electron chi connectivity index (χ1n) is 5.81. The summed E-state index contributed by atoms with van der Waals surface area (Å²) in [5.41, 5.74) is 0.802. The first-order valence-corrected chi connectivity index (χ1v) is 5.81. The second kappa shape index (κ2) is 6.01. The van der Waals surface area contributed by atoms with E-state index in [9.17, 15) is 9.90 Å². The quantitative estimate of drug-likeness (QED) is 0.855. The average molecular weight is 261 g/mol. The molecule has 0 radical (unpaired) electrons. The summed E-state index contributed by atoms with van der Waals surface area (Å²) in [5, 5.41) is 16.3. The largest absolute Gasteiger partial charge is 0.507 e. The Labute approximate surface area is 110 Å². The minimum absolute atomic E-state index is 0.0493. The SMILES string of the molecule is COCCn1cc(NC(=O)c2ccccc2O)cn1. The molecule has 1 aromatic carbocycles. The van der Waals surface area contributed by atoms with Gasteiger partial charge in [-0.3, -0.25) is 9.48 Å². The van der Waals surface area contributed by atoms with Gasteiger partial charge in [0.05, 0.1) is 30.6 Å². The zero-order chi connectivity index (χ0) is 13.7. The smallest absolute Gasteiger partial charge is 0.259 e. The van der Waals surface area contributed by atoms with Crippen LogP contribution in [0.5, 0.6) is 5.75 Å². The number of benzene rings is 1. The molecule has 2 N–H and O–H groups in total. The number of aromatic nitrogens is 2. The van der Waals surface area contributed by atoms with Crippen molar-refractivity contribution in [1.82, 2.24) is 9.78 Å². The van der Waals surface area contributed by atoms with Crippen molar-refractivity contribution in [3.63, 3.8) is 0 Å². The fourth-order valence-electron chi connectivity index (χ4n) is 1.60. The topological polar surface area (TPSA) is 76.4 Å². The normalized spacial score (nSPS) is 10.4. The highest BCUT2D eigenvalue weighted by atomic mass is 16.5. The number of anilines is 1. The summed E-state index contributed by atoms with van der Waals surface area (Å²) in [6.45, 7) is 1.16. The van der Waals surface area contributed by atoms with Crippen LogP contribution in [0.4, 0.5) is 5.69 Å². The number of amides is 1. The standard InChI is InChI=1S/C13H15N3O3/c1-19-7-6-16-9-10(8-14-16)15-13(18)11-4-2-3-5-12(11)17/h2-5,8-9,17H,6-7H2,1H3,(H,15,18). The van der Waals surface area contributed by atoms with Crippen molar-refractivity contribution >= 4 is 11.6 Å². The monoisotopic (exact) mass is 261 g/mol. The molecule has 0 aliphatic rings. The molecule has 1 heterocycles. The molecule has 0 aliphatic heterocycles. The third-order valence-corrected chi connectivity index (χ3v) is 2.56. The maximum absolute atomic E-state index is 11.9. The fourth-order valence-corrected chi connectivity index (χ4v) is 1.60. The Morgan fingerprint density at radius 1 is 1.47 bits per heavy atom. The van der Waals surface area contributed by atoms with Crippen molar-refractivity contribution < 1.29 is 14.6 Å². The molecule has 0 atom stereocenters. The van der Waals surface area contributed by atoms with Crippen molar-refractivity contribution in [2.45, 2.75) is 6.54 Å². The van der Waals surface area contributed by atoms with E-state index in [0.717, 1.165) is 0 Å². The number of para-hydroxylation sites is 1. The van der Waals surface area contributed by atoms with Crippen LogP contribution in [0.25, 0.3) is 0 Å². The first-order chi connectivity index (χ1) is 9.20. The molecule has 1 aromatic heterocycles. The summed E-state index contributed by atoms with van der Waals surface area (Å²) < 4.78 is 6.61. The average Bonchev–Trinajstić information content (AvgIpc) is 2.84. The Kier molecular flexibility index (Phi) is 4.15. The number of carbonyl (C=O) groups excluding carboxylic acids is 1. The number of phenolic OH excluding ortho intramolecular Hbond substituents is 1. The second-order valence-corrected chi connectivity index (χ2v) is 3.96. The third kappa shape index (κ3) is 3.32. The zero-order valence-electron chi connectivity index (χ0n) is 10.5. The number of nitrogens with one attached hydrogen (secondary N) is 1. The lowest BCUT2D eigenvalue weighted by molar-refractivity contribution is 0.102. The summed E-state index contributed by atoms with van der Waals surface area (Å²) in [5.74, 6) is -0.420. The molecule has 6 nitrogen and oxygen atoms in total. The Hall–Kier alpha value is -2.34. The molecular formula is C13H15N3O3. The Balaban J connectivity index is 2.03. The zero-order valence-corrected chi connectivity index (χ0v) is 10.5. The molecule has 0 fully saturated rings. The van der Waals surface area contributed by atoms with E-state index in [-0.39, 0.29) is 17.2 Å². The molecule has 0 saturated carbocycles. The Morgan fingerprint density at radius 3 is 3.00 bits per heavy atom. The molecule has 19 heavy (non-hydrogen) atoms. The third-order valence-electron chi connectivity index (χ3n) is 2.56. The van der Waals surface area contributed by atoms with Crippen LogP contribution in [0.15, 0.2) is 36.7 Å². The van der Waals surface area contributed by atoms with Gasteiger partial charge in [-0.1, -0.05) is 12.1 Å². The highest BCUT2D eigenvalue weighted by molar-refractivity contribution is 6.05. The lowest BCUT2D eigenvalue weighted by Gasteiger charge is -2.04. The van der Waals surface area contributed by atoms with Gasteiger partial charge in [0.15, 0.2) is 0 Å². The summed E-state index contributed by atoms with van der Waals surface area (Å²) in [6.07, 6.45) is 3.25. The van der Waals surface area contributed by atoms with Gasteiger partial charge >= 0.3 is 0 Å². The molecule has 2 aromatic rings. The summed E-state index contributed by atoms with van der Waals surface area (Å²) in [6, 6.07) is 6.38. The molecule has 100 valence electrons.